The molecule has 1 atom stereocenters. The molecule has 1 rings (SSSR count). The smallest absolute Gasteiger partial charge is 0.0966 e. The first-order valence-electron chi connectivity index (χ1n) is 2.23. The molecule has 0 bridgehead atoms. The van der Waals surface area contributed by atoms with Crippen LogP contribution in [0.5, 0.6) is 0 Å². The highest BCUT2D eigenvalue weighted by atomic mass is 127. The minimum Gasteiger partial charge on any atom is -0.375 e. The van der Waals surface area contributed by atoms with Gasteiger partial charge in [-0.3, -0.25) is 0 Å². The van der Waals surface area contributed by atoms with Gasteiger partial charge in [0.15, 0.2) is 0 Å². The summed E-state index contributed by atoms with van der Waals surface area (Å²) < 4.78 is 1.74. The fourth-order valence-corrected chi connectivity index (χ4v) is 1.21. The minimum atomic E-state index is 0.478. The SMILES string of the molecule is IC1=CNC(I)C=C1. The van der Waals surface area contributed by atoms with Crippen molar-refractivity contribution in [1.29, 1.82) is 0 Å². The van der Waals surface area contributed by atoms with Gasteiger partial charge in [-0.2, -0.15) is 0 Å². The monoisotopic (exact) mass is 333 g/mol. The Kier molecular flexibility index (Phi) is 2.61. The van der Waals surface area contributed by atoms with Crippen molar-refractivity contribution in [3.05, 3.63) is 21.9 Å². The normalized spacial score (nSPS) is 26.8. The Morgan fingerprint density at radius 1 is 1.62 bits per heavy atom. The van der Waals surface area contributed by atoms with E-state index in [0.717, 1.165) is 0 Å². The lowest BCUT2D eigenvalue weighted by molar-refractivity contribution is 0.941. The molecule has 1 heterocycles. The third-order valence-corrected chi connectivity index (χ3v) is 2.25. The highest BCUT2D eigenvalue weighted by molar-refractivity contribution is 14.1. The molecule has 1 aliphatic heterocycles. The van der Waals surface area contributed by atoms with Crippen LogP contribution in [0.4, 0.5) is 0 Å². The first kappa shape index (κ1) is 6.85. The summed E-state index contributed by atoms with van der Waals surface area (Å²) in [5.41, 5.74) is 0. The van der Waals surface area contributed by atoms with E-state index in [2.05, 4.69) is 62.7 Å². The van der Waals surface area contributed by atoms with E-state index in [1.54, 1.807) is 0 Å². The molecule has 3 heteroatoms. The van der Waals surface area contributed by atoms with Gasteiger partial charge in [0, 0.05) is 9.78 Å². The first-order valence-corrected chi connectivity index (χ1v) is 4.55. The van der Waals surface area contributed by atoms with E-state index in [1.807, 2.05) is 6.20 Å². The number of rotatable bonds is 0. The number of halogens is 2. The number of nitrogens with one attached hydrogen (secondary N) is 1. The summed E-state index contributed by atoms with van der Waals surface area (Å²) in [5, 5.41) is 3.16. The van der Waals surface area contributed by atoms with Crippen molar-refractivity contribution in [3.63, 3.8) is 0 Å². The summed E-state index contributed by atoms with van der Waals surface area (Å²) in [7, 11) is 0. The maximum atomic E-state index is 3.16. The molecule has 0 fully saturated rings. The molecule has 1 unspecified atom stereocenters. The molecule has 0 aromatic carbocycles. The maximum absolute atomic E-state index is 3.16. The molecule has 1 nitrogen and oxygen atoms in total. The fraction of sp³-hybridized carbons (Fsp3) is 0.200. The second kappa shape index (κ2) is 3.05. The lowest BCUT2D eigenvalue weighted by Gasteiger charge is -2.08. The van der Waals surface area contributed by atoms with Gasteiger partial charge in [-0.25, -0.2) is 0 Å². The van der Waals surface area contributed by atoms with E-state index in [0.29, 0.717) is 4.05 Å². The van der Waals surface area contributed by atoms with Crippen LogP contribution in [0.1, 0.15) is 0 Å². The van der Waals surface area contributed by atoms with Crippen LogP contribution in [-0.2, 0) is 0 Å². The van der Waals surface area contributed by atoms with Crippen molar-refractivity contribution >= 4 is 45.2 Å². The van der Waals surface area contributed by atoms with Crippen LogP contribution < -0.4 is 5.32 Å². The number of alkyl halides is 1. The Labute approximate surface area is 75.9 Å². The predicted octanol–water partition coefficient (Wildman–Crippen LogP) is 2.18. The standard InChI is InChI=1S/C5H5I2N/c6-4-1-2-5(7)8-3-4/h1-3,5,8H. The molecule has 8 heavy (non-hydrogen) atoms. The van der Waals surface area contributed by atoms with E-state index in [-0.39, 0.29) is 0 Å². The van der Waals surface area contributed by atoms with Crippen LogP contribution in [0.15, 0.2) is 21.9 Å². The minimum absolute atomic E-state index is 0.478. The van der Waals surface area contributed by atoms with Crippen LogP contribution in [0.25, 0.3) is 0 Å². The highest BCUT2D eigenvalue weighted by Gasteiger charge is 1.98. The lowest BCUT2D eigenvalue weighted by Crippen LogP contribution is -2.16. The van der Waals surface area contributed by atoms with E-state index in [1.165, 1.54) is 3.58 Å². The third kappa shape index (κ3) is 1.93. The van der Waals surface area contributed by atoms with Crippen LogP contribution in [-0.4, -0.2) is 4.05 Å². The first-order chi connectivity index (χ1) is 3.79. The Balaban J connectivity index is 2.58. The van der Waals surface area contributed by atoms with Crippen LogP contribution in [0, 0.1) is 0 Å². The Morgan fingerprint density at radius 3 is 2.75 bits per heavy atom. The Morgan fingerprint density at radius 2 is 2.38 bits per heavy atom. The van der Waals surface area contributed by atoms with Gasteiger partial charge in [-0.05, 0) is 28.7 Å². The lowest BCUT2D eigenvalue weighted by atomic mass is 10.4. The second-order valence-corrected chi connectivity index (χ2v) is 4.04. The zero-order valence-corrected chi connectivity index (χ0v) is 8.38. The summed E-state index contributed by atoms with van der Waals surface area (Å²) in [4.78, 5) is 0. The van der Waals surface area contributed by atoms with Crippen molar-refractivity contribution in [3.8, 4) is 0 Å². The van der Waals surface area contributed by atoms with Gasteiger partial charge in [-0.1, -0.05) is 28.7 Å². The topological polar surface area (TPSA) is 12.0 Å². The molecule has 1 N–H and O–H groups in total. The Bertz CT molecular complexity index is 139. The fourth-order valence-electron chi connectivity index (χ4n) is 0.439. The Hall–Kier alpha value is 0.740. The number of dihydropyridines is 1. The van der Waals surface area contributed by atoms with Gasteiger partial charge in [0.05, 0.1) is 4.05 Å². The molecule has 1 aliphatic rings. The molecular weight excluding hydrogens is 328 g/mol. The second-order valence-electron chi connectivity index (χ2n) is 1.46. The van der Waals surface area contributed by atoms with E-state index >= 15 is 0 Å². The molecular formula is C5H5I2N. The van der Waals surface area contributed by atoms with Crippen LogP contribution in [0.3, 0.4) is 0 Å². The number of hydrogen-bond donors (Lipinski definition) is 1. The molecule has 0 spiro atoms. The summed E-state index contributed by atoms with van der Waals surface area (Å²) in [5.74, 6) is 0. The summed E-state index contributed by atoms with van der Waals surface area (Å²) in [6.45, 7) is 0. The van der Waals surface area contributed by atoms with Crippen molar-refractivity contribution in [1.82, 2.24) is 5.32 Å². The van der Waals surface area contributed by atoms with Crippen molar-refractivity contribution < 1.29 is 0 Å². The van der Waals surface area contributed by atoms with Crippen LogP contribution in [0.2, 0.25) is 0 Å². The van der Waals surface area contributed by atoms with E-state index < -0.39 is 0 Å². The van der Waals surface area contributed by atoms with Gasteiger partial charge in [-0.15, -0.1) is 0 Å². The highest BCUT2D eigenvalue weighted by Crippen LogP contribution is 2.13. The number of allylic oxidation sites excluding steroid dienone is 2. The quantitative estimate of drug-likeness (QED) is 0.407. The zero-order chi connectivity index (χ0) is 5.98. The van der Waals surface area contributed by atoms with Gasteiger partial charge in [0.2, 0.25) is 0 Å². The zero-order valence-electron chi connectivity index (χ0n) is 4.07. The molecule has 0 amide bonds. The third-order valence-electron chi connectivity index (χ3n) is 0.805. The summed E-state index contributed by atoms with van der Waals surface area (Å²) >= 11 is 4.60. The molecule has 0 aromatic heterocycles. The van der Waals surface area contributed by atoms with Gasteiger partial charge in [0.25, 0.3) is 0 Å². The molecule has 44 valence electrons. The molecule has 0 saturated carbocycles. The van der Waals surface area contributed by atoms with Crippen LogP contribution >= 0.6 is 45.2 Å². The largest absolute Gasteiger partial charge is 0.375 e. The molecule has 0 aromatic rings. The van der Waals surface area contributed by atoms with Gasteiger partial charge >= 0.3 is 0 Å². The van der Waals surface area contributed by atoms with E-state index in [4.69, 9.17) is 0 Å². The van der Waals surface area contributed by atoms with E-state index in [9.17, 15) is 0 Å². The molecule has 0 aliphatic carbocycles. The van der Waals surface area contributed by atoms with Gasteiger partial charge in [0.1, 0.15) is 0 Å². The molecule has 0 saturated heterocycles. The molecule has 0 radical (unpaired) electrons. The van der Waals surface area contributed by atoms with Gasteiger partial charge < -0.3 is 5.32 Å². The van der Waals surface area contributed by atoms with Crippen molar-refractivity contribution in [2.24, 2.45) is 0 Å². The summed E-state index contributed by atoms with van der Waals surface area (Å²) in [6, 6.07) is 0. The number of hydrogen-bond acceptors (Lipinski definition) is 1. The van der Waals surface area contributed by atoms with Crippen molar-refractivity contribution in [2.45, 2.75) is 4.05 Å². The van der Waals surface area contributed by atoms with Crippen molar-refractivity contribution in [2.75, 3.05) is 0 Å². The maximum Gasteiger partial charge on any atom is 0.0966 e. The predicted molar refractivity (Wildman–Crippen MR) is 52.2 cm³/mol. The average Bonchev–Trinajstić information content (AvgIpc) is 1.77. The average molecular weight is 333 g/mol. The summed E-state index contributed by atoms with van der Waals surface area (Å²) in [6.07, 6.45) is 6.24.